The fourth-order valence-corrected chi connectivity index (χ4v) is 3.50. The molecule has 1 N–H and O–H groups in total. The van der Waals surface area contributed by atoms with E-state index in [9.17, 15) is 9.59 Å². The van der Waals surface area contributed by atoms with Crippen molar-refractivity contribution < 1.29 is 14.3 Å². The zero-order valence-electron chi connectivity index (χ0n) is 18.5. The molecule has 0 unspecified atom stereocenters. The molecule has 0 spiro atoms. The van der Waals surface area contributed by atoms with Crippen LogP contribution in [0, 0.1) is 13.8 Å². The first-order valence-electron chi connectivity index (χ1n) is 10.4. The number of benzene rings is 2. The lowest BCUT2D eigenvalue weighted by atomic mass is 10.1. The lowest BCUT2D eigenvalue weighted by Crippen LogP contribution is -2.49. The Bertz CT molecular complexity index is 879. The minimum atomic E-state index is -0.620. The van der Waals surface area contributed by atoms with E-state index in [2.05, 4.69) is 28.2 Å². The minimum Gasteiger partial charge on any atom is -0.484 e. The highest BCUT2D eigenvalue weighted by atomic mass is 79.9. The number of hydrogen-bond donors (Lipinski definition) is 1. The number of halogens is 2. The fourth-order valence-electron chi connectivity index (χ4n) is 3.12. The van der Waals surface area contributed by atoms with Crippen LogP contribution in [0.4, 0.5) is 0 Å². The summed E-state index contributed by atoms with van der Waals surface area (Å²) in [4.78, 5) is 27.3. The van der Waals surface area contributed by atoms with Gasteiger partial charge < -0.3 is 15.0 Å². The molecule has 0 aliphatic carbocycles. The van der Waals surface area contributed by atoms with Crippen LogP contribution in [0.3, 0.4) is 0 Å². The third-order valence-corrected chi connectivity index (χ3v) is 6.16. The maximum absolute atomic E-state index is 13.1. The van der Waals surface area contributed by atoms with Gasteiger partial charge in [0.25, 0.3) is 5.91 Å². The van der Waals surface area contributed by atoms with Gasteiger partial charge in [-0.25, -0.2) is 0 Å². The number of hydrogen-bond acceptors (Lipinski definition) is 3. The maximum atomic E-state index is 13.1. The van der Waals surface area contributed by atoms with Crippen LogP contribution in [-0.2, 0) is 16.1 Å². The molecule has 5 nitrogen and oxygen atoms in total. The van der Waals surface area contributed by atoms with Crippen molar-refractivity contribution >= 4 is 39.3 Å². The number of rotatable bonds is 10. The molecule has 0 aliphatic rings. The molecule has 0 bridgehead atoms. The van der Waals surface area contributed by atoms with Crippen molar-refractivity contribution in [1.29, 1.82) is 0 Å². The Morgan fingerprint density at radius 2 is 1.77 bits per heavy atom. The maximum Gasteiger partial charge on any atom is 0.261 e. The van der Waals surface area contributed by atoms with E-state index in [1.54, 1.807) is 11.8 Å². The summed E-state index contributed by atoms with van der Waals surface area (Å²) in [5.74, 6) is 0.153. The molecule has 7 heteroatoms. The molecule has 0 saturated carbocycles. The number of nitrogens with zero attached hydrogens (tertiary/aromatic N) is 1. The largest absolute Gasteiger partial charge is 0.484 e. The summed E-state index contributed by atoms with van der Waals surface area (Å²) in [5, 5.41) is 3.60. The van der Waals surface area contributed by atoms with Gasteiger partial charge in [0.2, 0.25) is 5.91 Å². The number of ether oxygens (including phenoxy) is 1. The van der Waals surface area contributed by atoms with E-state index in [1.807, 2.05) is 50.2 Å². The summed E-state index contributed by atoms with van der Waals surface area (Å²) in [7, 11) is 0. The average Bonchev–Trinajstić information content (AvgIpc) is 2.74. The molecule has 0 aromatic heterocycles. The summed E-state index contributed by atoms with van der Waals surface area (Å²) in [6.45, 7) is 8.35. The molecule has 0 saturated heterocycles. The first-order chi connectivity index (χ1) is 14.7. The molecule has 2 aromatic rings. The minimum absolute atomic E-state index is 0.163. The number of carbonyl (C=O) groups is 2. The van der Waals surface area contributed by atoms with Crippen molar-refractivity contribution in [3.8, 4) is 5.75 Å². The van der Waals surface area contributed by atoms with Crippen molar-refractivity contribution in [3.63, 3.8) is 0 Å². The predicted octanol–water partition coefficient (Wildman–Crippen LogP) is 5.43. The number of amides is 2. The second kappa shape index (κ2) is 12.1. The molecule has 31 heavy (non-hydrogen) atoms. The van der Waals surface area contributed by atoms with Crippen LogP contribution < -0.4 is 10.1 Å². The summed E-state index contributed by atoms with van der Waals surface area (Å²) in [6, 6.07) is 10.7. The highest BCUT2D eigenvalue weighted by molar-refractivity contribution is 9.10. The van der Waals surface area contributed by atoms with Gasteiger partial charge in [0.05, 0.1) is 0 Å². The molecule has 168 valence electrons. The summed E-state index contributed by atoms with van der Waals surface area (Å²) in [5.41, 5.74) is 2.71. The molecule has 1 atom stereocenters. The zero-order valence-corrected chi connectivity index (χ0v) is 20.8. The lowest BCUT2D eigenvalue weighted by Gasteiger charge is -2.29. The quantitative estimate of drug-likeness (QED) is 0.434. The SMILES string of the molecule is CCCCNC(=O)[C@H](C)N(Cc1ccc(Br)cc1)C(=O)COc1cc(C)c(Cl)c(C)c1. The number of carbonyl (C=O) groups excluding carboxylic acids is 2. The fraction of sp³-hybridized carbons (Fsp3) is 0.417. The van der Waals surface area contributed by atoms with Gasteiger partial charge in [-0.3, -0.25) is 9.59 Å². The van der Waals surface area contributed by atoms with Crippen LogP contribution in [0.5, 0.6) is 5.75 Å². The standard InChI is InChI=1S/C24H30BrClN2O3/c1-5-6-11-27-24(30)18(4)28(14-19-7-9-20(25)10-8-19)22(29)15-31-21-12-16(2)23(26)17(3)13-21/h7-10,12-13,18H,5-6,11,14-15H2,1-4H3,(H,27,30)/t18-/m0/s1. The molecule has 0 fully saturated rings. The normalized spacial score (nSPS) is 11.7. The van der Waals surface area contributed by atoms with Gasteiger partial charge in [0, 0.05) is 22.6 Å². The van der Waals surface area contributed by atoms with Crippen molar-refractivity contribution in [2.24, 2.45) is 0 Å². The Morgan fingerprint density at radius 3 is 2.35 bits per heavy atom. The second-order valence-electron chi connectivity index (χ2n) is 7.63. The van der Waals surface area contributed by atoms with E-state index < -0.39 is 6.04 Å². The van der Waals surface area contributed by atoms with Crippen LogP contribution in [0.1, 0.15) is 43.4 Å². The Kier molecular flexibility index (Phi) is 9.85. The summed E-state index contributed by atoms with van der Waals surface area (Å²) < 4.78 is 6.72. The van der Waals surface area contributed by atoms with E-state index >= 15 is 0 Å². The van der Waals surface area contributed by atoms with E-state index in [0.29, 0.717) is 23.9 Å². The molecular weight excluding hydrogens is 480 g/mol. The Hall–Kier alpha value is -2.05. The molecule has 0 radical (unpaired) electrons. The molecule has 2 rings (SSSR count). The van der Waals surface area contributed by atoms with Gasteiger partial charge in [0.1, 0.15) is 11.8 Å². The topological polar surface area (TPSA) is 58.6 Å². The van der Waals surface area contributed by atoms with E-state index in [1.165, 1.54) is 0 Å². The van der Waals surface area contributed by atoms with E-state index in [0.717, 1.165) is 34.0 Å². The summed E-state index contributed by atoms with van der Waals surface area (Å²) in [6.07, 6.45) is 1.89. The second-order valence-corrected chi connectivity index (χ2v) is 8.92. The summed E-state index contributed by atoms with van der Waals surface area (Å²) >= 11 is 9.64. The Balaban J connectivity index is 2.14. The van der Waals surface area contributed by atoms with Gasteiger partial charge >= 0.3 is 0 Å². The van der Waals surface area contributed by atoms with Gasteiger partial charge in [-0.1, -0.05) is 53.0 Å². The van der Waals surface area contributed by atoms with Crippen LogP contribution in [-0.4, -0.2) is 35.9 Å². The van der Waals surface area contributed by atoms with E-state index in [4.69, 9.17) is 16.3 Å². The number of nitrogens with one attached hydrogen (secondary N) is 1. The first-order valence-corrected chi connectivity index (χ1v) is 11.6. The Morgan fingerprint density at radius 1 is 1.16 bits per heavy atom. The van der Waals surface area contributed by atoms with Crippen molar-refractivity contribution in [3.05, 3.63) is 62.6 Å². The number of aryl methyl sites for hydroxylation is 2. The van der Waals surface area contributed by atoms with Crippen molar-refractivity contribution in [2.45, 2.75) is 53.1 Å². The smallest absolute Gasteiger partial charge is 0.261 e. The van der Waals surface area contributed by atoms with E-state index in [-0.39, 0.29) is 18.4 Å². The third-order valence-electron chi connectivity index (χ3n) is 5.04. The van der Waals surface area contributed by atoms with Crippen molar-refractivity contribution in [2.75, 3.05) is 13.2 Å². The van der Waals surface area contributed by atoms with Gasteiger partial charge in [-0.15, -0.1) is 0 Å². The van der Waals surface area contributed by atoms with Crippen LogP contribution in [0.2, 0.25) is 5.02 Å². The average molecular weight is 510 g/mol. The highest BCUT2D eigenvalue weighted by Gasteiger charge is 2.26. The van der Waals surface area contributed by atoms with Crippen LogP contribution in [0.25, 0.3) is 0 Å². The molecular formula is C24H30BrClN2O3. The lowest BCUT2D eigenvalue weighted by molar-refractivity contribution is -0.142. The molecule has 2 aromatic carbocycles. The Labute approximate surface area is 198 Å². The molecule has 0 aliphatic heterocycles. The first kappa shape index (κ1) is 25.2. The zero-order chi connectivity index (χ0) is 23.0. The van der Waals surface area contributed by atoms with Gasteiger partial charge in [0.15, 0.2) is 6.61 Å². The van der Waals surface area contributed by atoms with Crippen LogP contribution >= 0.6 is 27.5 Å². The van der Waals surface area contributed by atoms with Crippen molar-refractivity contribution in [1.82, 2.24) is 10.2 Å². The highest BCUT2D eigenvalue weighted by Crippen LogP contribution is 2.26. The third kappa shape index (κ3) is 7.54. The monoisotopic (exact) mass is 508 g/mol. The number of unbranched alkanes of at least 4 members (excludes halogenated alkanes) is 1. The van der Waals surface area contributed by atoms with Gasteiger partial charge in [-0.2, -0.15) is 0 Å². The van der Waals surface area contributed by atoms with Crippen LogP contribution in [0.15, 0.2) is 40.9 Å². The molecule has 2 amide bonds. The van der Waals surface area contributed by atoms with Gasteiger partial charge in [-0.05, 0) is 68.1 Å². The molecule has 0 heterocycles. The predicted molar refractivity (Wildman–Crippen MR) is 128 cm³/mol.